The number of rotatable bonds is 2. The summed E-state index contributed by atoms with van der Waals surface area (Å²) in [4.78, 5) is 21.5. The lowest BCUT2D eigenvalue weighted by Gasteiger charge is -2.43. The summed E-state index contributed by atoms with van der Waals surface area (Å²) in [5, 5.41) is 0. The molecule has 0 aliphatic carbocycles. The molecule has 0 atom stereocenters. The minimum absolute atomic E-state index is 0.147. The van der Waals surface area contributed by atoms with Crippen LogP contribution in [-0.2, 0) is 5.54 Å². The average molecular weight is 461 g/mol. The molecule has 160 valence electrons. The predicted octanol–water partition coefficient (Wildman–Crippen LogP) is 7.05. The van der Waals surface area contributed by atoms with E-state index in [0.29, 0.717) is 5.56 Å². The first-order valence-electron chi connectivity index (χ1n) is 10.3. The van der Waals surface area contributed by atoms with Crippen molar-refractivity contribution in [2.24, 2.45) is 4.99 Å². The highest BCUT2D eigenvalue weighted by Gasteiger charge is 2.43. The number of anilines is 1. The molecule has 0 spiro atoms. The first kappa shape index (κ1) is 20.8. The highest BCUT2D eigenvalue weighted by Crippen LogP contribution is 2.50. The molecule has 3 nitrogen and oxygen atoms in total. The van der Waals surface area contributed by atoms with Gasteiger partial charge in [-0.15, -0.1) is 0 Å². The fraction of sp³-hybridized carbons (Fsp3) is 0.154. The van der Waals surface area contributed by atoms with Crippen molar-refractivity contribution in [3.05, 3.63) is 99.3 Å². The lowest BCUT2D eigenvalue weighted by atomic mass is 9.86. The Balaban J connectivity index is 1.74. The van der Waals surface area contributed by atoms with E-state index in [0.717, 1.165) is 37.6 Å². The summed E-state index contributed by atoms with van der Waals surface area (Å²) in [7, 11) is 3.29. The van der Waals surface area contributed by atoms with Crippen LogP contribution in [-0.4, -0.2) is 5.91 Å². The van der Waals surface area contributed by atoms with Gasteiger partial charge in [0.25, 0.3) is 5.91 Å². The van der Waals surface area contributed by atoms with E-state index in [9.17, 15) is 9.18 Å². The summed E-state index contributed by atoms with van der Waals surface area (Å²) >= 11 is 0. The molecule has 1 aliphatic rings. The van der Waals surface area contributed by atoms with Crippen LogP contribution < -0.4 is 9.57 Å². The molecular formula is C26H21FN2OS2. The third-order valence-corrected chi connectivity index (χ3v) is 8.33. The lowest BCUT2D eigenvalue weighted by molar-refractivity contribution is 0.0961. The summed E-state index contributed by atoms with van der Waals surface area (Å²) in [6, 6.07) is 21.8. The molecule has 2 heterocycles. The van der Waals surface area contributed by atoms with Gasteiger partial charge in [0.15, 0.2) is 0 Å². The van der Waals surface area contributed by atoms with Crippen LogP contribution in [0.2, 0.25) is 0 Å². The monoisotopic (exact) mass is 460 g/mol. The lowest BCUT2D eigenvalue weighted by Crippen LogP contribution is -2.48. The number of benzene rings is 3. The van der Waals surface area contributed by atoms with Gasteiger partial charge in [0.1, 0.15) is 10.5 Å². The Kier molecular flexibility index (Phi) is 5.07. The topological polar surface area (TPSA) is 32.7 Å². The van der Waals surface area contributed by atoms with Crippen LogP contribution in [0.4, 0.5) is 15.8 Å². The third-order valence-electron chi connectivity index (χ3n) is 5.70. The van der Waals surface area contributed by atoms with Crippen LogP contribution in [0.5, 0.6) is 0 Å². The number of halogens is 1. The largest absolute Gasteiger partial charge is 0.297 e. The van der Waals surface area contributed by atoms with Gasteiger partial charge in [0.05, 0.1) is 21.8 Å². The van der Waals surface area contributed by atoms with Crippen molar-refractivity contribution in [2.45, 2.75) is 26.3 Å². The van der Waals surface area contributed by atoms with Gasteiger partial charge in [0, 0.05) is 16.7 Å². The first-order valence-corrected chi connectivity index (χ1v) is 12.5. The maximum absolute atomic E-state index is 13.7. The van der Waals surface area contributed by atoms with Crippen molar-refractivity contribution in [3.63, 3.8) is 0 Å². The second-order valence-electron chi connectivity index (χ2n) is 8.35. The number of carbonyl (C=O) groups is 1. The number of amides is 1. The Bertz CT molecular complexity index is 1390. The number of nitrogens with zero attached hydrogens (tertiary/aromatic N) is 2. The van der Waals surface area contributed by atoms with E-state index in [2.05, 4.69) is 26.8 Å². The molecule has 4 aromatic rings. The van der Waals surface area contributed by atoms with Gasteiger partial charge < -0.3 is 0 Å². The molecule has 0 saturated carbocycles. The Morgan fingerprint density at radius 2 is 1.69 bits per heavy atom. The molecule has 1 aromatic heterocycles. The van der Waals surface area contributed by atoms with E-state index < -0.39 is 5.54 Å². The molecule has 32 heavy (non-hydrogen) atoms. The van der Waals surface area contributed by atoms with Crippen LogP contribution in [0.1, 0.15) is 34.6 Å². The molecule has 1 amide bonds. The van der Waals surface area contributed by atoms with E-state index in [-0.39, 0.29) is 11.7 Å². The molecule has 1 aliphatic heterocycles. The number of fused-ring (bicyclic) bond motifs is 3. The van der Waals surface area contributed by atoms with E-state index in [1.807, 2.05) is 47.4 Å². The summed E-state index contributed by atoms with van der Waals surface area (Å²) < 4.78 is 14.4. The molecule has 0 saturated heterocycles. The maximum atomic E-state index is 13.7. The molecule has 0 N–H and O–H groups in total. The zero-order chi connectivity index (χ0) is 22.5. The highest BCUT2D eigenvalue weighted by molar-refractivity contribution is 7.68. The fourth-order valence-corrected chi connectivity index (χ4v) is 7.09. The smallest absolute Gasteiger partial charge is 0.259 e. The number of hydrogen-bond donors (Lipinski definition) is 0. The van der Waals surface area contributed by atoms with Crippen molar-refractivity contribution in [2.75, 3.05) is 4.90 Å². The van der Waals surface area contributed by atoms with Crippen LogP contribution in [0, 0.1) is 12.7 Å². The minimum atomic E-state index is -0.589. The molecule has 6 heteroatoms. The van der Waals surface area contributed by atoms with Crippen LogP contribution in [0.15, 0.2) is 77.8 Å². The highest BCUT2D eigenvalue weighted by atomic mass is 32.9. The SMILES string of the molecule is Cc1ccc2c(c1)-c1c(ssc1=Nc1ccccc1)C(C)(C)N2C(=O)c1ccc(F)cc1. The van der Waals surface area contributed by atoms with E-state index in [1.165, 1.54) is 12.1 Å². The number of hydrogen-bond acceptors (Lipinski definition) is 4. The van der Waals surface area contributed by atoms with Crippen LogP contribution in [0.25, 0.3) is 11.1 Å². The maximum Gasteiger partial charge on any atom is 0.259 e. The van der Waals surface area contributed by atoms with Gasteiger partial charge in [0.2, 0.25) is 0 Å². The average Bonchev–Trinajstić information content (AvgIpc) is 3.20. The summed E-state index contributed by atoms with van der Waals surface area (Å²) in [6.45, 7) is 6.17. The second kappa shape index (κ2) is 7.80. The number of para-hydroxylation sites is 1. The summed E-state index contributed by atoms with van der Waals surface area (Å²) in [5.41, 5.74) is 4.83. The standard InChI is InChI=1S/C26H21FN2OS2/c1-16-9-14-21-20(15-16)22-23(31-32-24(22)28-19-7-5-4-6-8-19)26(2,3)29(21)25(30)17-10-12-18(27)13-11-17/h4-15H,1-3H3. The minimum Gasteiger partial charge on any atom is -0.297 e. The Morgan fingerprint density at radius 3 is 2.41 bits per heavy atom. The fourth-order valence-electron chi connectivity index (χ4n) is 4.13. The van der Waals surface area contributed by atoms with E-state index in [4.69, 9.17) is 4.99 Å². The van der Waals surface area contributed by atoms with Gasteiger partial charge in [-0.3, -0.25) is 9.69 Å². The summed E-state index contributed by atoms with van der Waals surface area (Å²) in [6.07, 6.45) is 0. The van der Waals surface area contributed by atoms with Gasteiger partial charge in [-0.2, -0.15) is 0 Å². The number of carbonyl (C=O) groups excluding carboxylic acids is 1. The van der Waals surface area contributed by atoms with Crippen molar-refractivity contribution < 1.29 is 9.18 Å². The third kappa shape index (κ3) is 3.40. The van der Waals surface area contributed by atoms with Gasteiger partial charge in [-0.05, 0) is 69.3 Å². The van der Waals surface area contributed by atoms with Gasteiger partial charge in [-0.1, -0.05) is 50.5 Å². The van der Waals surface area contributed by atoms with Crippen molar-refractivity contribution in [3.8, 4) is 11.1 Å². The van der Waals surface area contributed by atoms with Gasteiger partial charge >= 0.3 is 0 Å². The van der Waals surface area contributed by atoms with Crippen molar-refractivity contribution in [1.29, 1.82) is 0 Å². The quantitative estimate of drug-likeness (QED) is 0.295. The van der Waals surface area contributed by atoms with Crippen molar-refractivity contribution >= 4 is 38.0 Å². The molecular weight excluding hydrogens is 439 g/mol. The molecule has 3 aromatic carbocycles. The Morgan fingerprint density at radius 1 is 0.969 bits per heavy atom. The normalized spacial score (nSPS) is 14.8. The van der Waals surface area contributed by atoms with Gasteiger partial charge in [-0.25, -0.2) is 9.38 Å². The zero-order valence-corrected chi connectivity index (χ0v) is 19.6. The van der Waals surface area contributed by atoms with E-state index in [1.54, 1.807) is 32.8 Å². The molecule has 5 rings (SSSR count). The second-order valence-corrected chi connectivity index (χ2v) is 10.5. The Labute approximate surface area is 193 Å². The Hall–Kier alpha value is -3.09. The first-order chi connectivity index (χ1) is 15.4. The van der Waals surface area contributed by atoms with E-state index >= 15 is 0 Å². The van der Waals surface area contributed by atoms with Crippen LogP contribution in [0.3, 0.4) is 0 Å². The van der Waals surface area contributed by atoms with Crippen molar-refractivity contribution in [1.82, 2.24) is 0 Å². The predicted molar refractivity (Wildman–Crippen MR) is 130 cm³/mol. The molecule has 0 fully saturated rings. The molecule has 0 bridgehead atoms. The molecule has 0 radical (unpaired) electrons. The molecule has 0 unspecified atom stereocenters. The number of aryl methyl sites for hydroxylation is 1. The summed E-state index contributed by atoms with van der Waals surface area (Å²) in [5.74, 6) is -0.504. The van der Waals surface area contributed by atoms with Crippen LogP contribution >= 0.6 is 20.7 Å². The zero-order valence-electron chi connectivity index (χ0n) is 17.9.